The molecular weight excluding hydrogens is 277 g/mol. The monoisotopic (exact) mass is 291 g/mol. The van der Waals surface area contributed by atoms with E-state index in [1.165, 1.54) is 19.2 Å². The lowest BCUT2D eigenvalue weighted by Gasteiger charge is -2.09. The summed E-state index contributed by atoms with van der Waals surface area (Å²) >= 11 is 0. The van der Waals surface area contributed by atoms with E-state index < -0.39 is 13.1 Å². The van der Waals surface area contributed by atoms with Crippen molar-refractivity contribution in [3.05, 3.63) is 23.9 Å². The molecule has 1 aromatic heterocycles. The van der Waals surface area contributed by atoms with Gasteiger partial charge in [0.2, 0.25) is 0 Å². The number of carbonyl (C=O) groups is 1. The van der Waals surface area contributed by atoms with E-state index >= 15 is 0 Å². The maximum absolute atomic E-state index is 11.8. The number of rotatable bonds is 5. The third-order valence-corrected chi connectivity index (χ3v) is 2.79. The minimum Gasteiger partial charge on any atom is -0.496 e. The highest BCUT2D eigenvalue weighted by molar-refractivity contribution is 6.58. The van der Waals surface area contributed by atoms with Crippen molar-refractivity contribution in [3.63, 3.8) is 0 Å². The van der Waals surface area contributed by atoms with E-state index in [9.17, 15) is 14.8 Å². The Kier molecular flexibility index (Phi) is 4.56. The second kappa shape index (κ2) is 6.38. The van der Waals surface area contributed by atoms with Crippen LogP contribution in [0.1, 0.15) is 17.4 Å². The minimum absolute atomic E-state index is 0.000250. The number of hydrogen-bond acceptors (Lipinski definition) is 7. The van der Waals surface area contributed by atoms with Crippen LogP contribution in [0.15, 0.2) is 18.2 Å². The summed E-state index contributed by atoms with van der Waals surface area (Å²) in [6.45, 7) is 1.89. The number of ether oxygens (including phenoxy) is 2. The standard InChI is InChI=1S/C12H14BN3O5/c1-3-21-12(17)11-10(14-16-15-11)8-6-7(13(18)19)4-5-9(8)20-2/h4-6,18-19H,3H2,1-2H3,(H,14,15,16). The lowest BCUT2D eigenvalue weighted by atomic mass is 9.79. The molecule has 0 atom stereocenters. The first kappa shape index (κ1) is 15.0. The number of nitrogens with zero attached hydrogens (tertiary/aromatic N) is 2. The molecule has 110 valence electrons. The molecule has 9 heteroatoms. The molecule has 0 aliphatic carbocycles. The molecule has 0 amide bonds. The van der Waals surface area contributed by atoms with Crippen LogP contribution in [0.25, 0.3) is 11.3 Å². The van der Waals surface area contributed by atoms with Gasteiger partial charge < -0.3 is 19.5 Å². The predicted octanol–water partition coefficient (Wildman–Crippen LogP) is -0.663. The number of carbonyl (C=O) groups excluding carboxylic acids is 1. The third-order valence-electron chi connectivity index (χ3n) is 2.79. The van der Waals surface area contributed by atoms with Crippen molar-refractivity contribution in [2.45, 2.75) is 6.92 Å². The molecule has 2 rings (SSSR count). The van der Waals surface area contributed by atoms with E-state index in [-0.39, 0.29) is 23.5 Å². The Morgan fingerprint density at radius 2 is 2.14 bits per heavy atom. The molecule has 1 aromatic carbocycles. The first-order chi connectivity index (χ1) is 10.1. The number of benzene rings is 1. The molecule has 0 radical (unpaired) electrons. The highest BCUT2D eigenvalue weighted by atomic mass is 16.5. The van der Waals surface area contributed by atoms with Crippen LogP contribution in [0.4, 0.5) is 0 Å². The van der Waals surface area contributed by atoms with Gasteiger partial charge in [-0.2, -0.15) is 10.3 Å². The molecular formula is C12H14BN3O5. The molecule has 0 unspecified atom stereocenters. The number of esters is 1. The van der Waals surface area contributed by atoms with Crippen molar-refractivity contribution in [2.75, 3.05) is 13.7 Å². The van der Waals surface area contributed by atoms with Crippen LogP contribution in [0, 0.1) is 0 Å². The number of H-pyrrole nitrogens is 1. The molecule has 3 N–H and O–H groups in total. The first-order valence-electron chi connectivity index (χ1n) is 6.20. The van der Waals surface area contributed by atoms with Gasteiger partial charge in [0, 0.05) is 5.56 Å². The number of aromatic nitrogens is 3. The largest absolute Gasteiger partial charge is 0.496 e. The topological polar surface area (TPSA) is 118 Å². The fourth-order valence-corrected chi connectivity index (χ4v) is 1.83. The van der Waals surface area contributed by atoms with Crippen LogP contribution in [0.2, 0.25) is 0 Å². The van der Waals surface area contributed by atoms with E-state index in [4.69, 9.17) is 9.47 Å². The van der Waals surface area contributed by atoms with Gasteiger partial charge >= 0.3 is 13.1 Å². The second-order valence-electron chi connectivity index (χ2n) is 4.07. The van der Waals surface area contributed by atoms with E-state index in [0.29, 0.717) is 11.3 Å². The summed E-state index contributed by atoms with van der Waals surface area (Å²) in [7, 11) is -0.189. The molecule has 0 bridgehead atoms. The van der Waals surface area contributed by atoms with E-state index in [1.54, 1.807) is 13.0 Å². The van der Waals surface area contributed by atoms with Gasteiger partial charge in [0.1, 0.15) is 11.4 Å². The number of methoxy groups -OCH3 is 1. The molecule has 1 heterocycles. The first-order valence-corrected chi connectivity index (χ1v) is 6.20. The lowest BCUT2D eigenvalue weighted by molar-refractivity contribution is 0.0520. The molecule has 21 heavy (non-hydrogen) atoms. The fraction of sp³-hybridized carbons (Fsp3) is 0.250. The minimum atomic E-state index is -1.65. The molecule has 0 fully saturated rings. The maximum Gasteiger partial charge on any atom is 0.488 e. The average Bonchev–Trinajstić information content (AvgIpc) is 2.96. The Morgan fingerprint density at radius 1 is 1.38 bits per heavy atom. The van der Waals surface area contributed by atoms with Gasteiger partial charge in [-0.15, -0.1) is 5.10 Å². The van der Waals surface area contributed by atoms with Crippen molar-refractivity contribution in [2.24, 2.45) is 0 Å². The second-order valence-corrected chi connectivity index (χ2v) is 4.07. The van der Waals surface area contributed by atoms with Gasteiger partial charge in [-0.3, -0.25) is 0 Å². The Bertz CT molecular complexity index is 644. The van der Waals surface area contributed by atoms with E-state index in [0.717, 1.165) is 0 Å². The van der Waals surface area contributed by atoms with Crippen LogP contribution < -0.4 is 10.2 Å². The van der Waals surface area contributed by atoms with Crippen LogP contribution >= 0.6 is 0 Å². The maximum atomic E-state index is 11.8. The normalized spacial score (nSPS) is 10.3. The average molecular weight is 291 g/mol. The zero-order valence-electron chi connectivity index (χ0n) is 11.5. The highest BCUT2D eigenvalue weighted by Gasteiger charge is 2.23. The van der Waals surface area contributed by atoms with Gasteiger partial charge in [0.15, 0.2) is 5.69 Å². The zero-order chi connectivity index (χ0) is 15.4. The molecule has 0 aliphatic rings. The summed E-state index contributed by atoms with van der Waals surface area (Å²) in [5, 5.41) is 28.5. The van der Waals surface area contributed by atoms with Crippen LogP contribution in [-0.2, 0) is 4.74 Å². The van der Waals surface area contributed by atoms with Crippen LogP contribution in [-0.4, -0.2) is 52.3 Å². The van der Waals surface area contributed by atoms with Crippen LogP contribution in [0.5, 0.6) is 5.75 Å². The summed E-state index contributed by atoms with van der Waals surface area (Å²) in [6, 6.07) is 4.51. The SMILES string of the molecule is CCOC(=O)c1n[nH]nc1-c1cc(B(O)O)ccc1OC. The molecule has 0 spiro atoms. The summed E-state index contributed by atoms with van der Waals surface area (Å²) in [5.41, 5.74) is 0.857. The number of hydrogen-bond donors (Lipinski definition) is 3. The van der Waals surface area contributed by atoms with Crippen molar-refractivity contribution >= 4 is 18.6 Å². The summed E-state index contributed by atoms with van der Waals surface area (Å²) in [5.74, 6) is -0.211. The highest BCUT2D eigenvalue weighted by Crippen LogP contribution is 2.29. The summed E-state index contributed by atoms with van der Waals surface area (Å²) < 4.78 is 10.1. The van der Waals surface area contributed by atoms with Gasteiger partial charge in [0.05, 0.1) is 13.7 Å². The van der Waals surface area contributed by atoms with Crippen molar-refractivity contribution < 1.29 is 24.3 Å². The van der Waals surface area contributed by atoms with Gasteiger partial charge in [-0.05, 0) is 24.5 Å². The quantitative estimate of drug-likeness (QED) is 0.494. The lowest BCUT2D eigenvalue weighted by Crippen LogP contribution is -2.29. The number of aromatic amines is 1. The van der Waals surface area contributed by atoms with Crippen molar-refractivity contribution in [1.29, 1.82) is 0 Å². The Labute approximate surface area is 120 Å². The predicted molar refractivity (Wildman–Crippen MR) is 74.2 cm³/mol. The number of nitrogens with one attached hydrogen (secondary N) is 1. The molecule has 0 aliphatic heterocycles. The Hall–Kier alpha value is -2.39. The fourth-order valence-electron chi connectivity index (χ4n) is 1.83. The summed E-state index contributed by atoms with van der Waals surface area (Å²) in [6.07, 6.45) is 0. The van der Waals surface area contributed by atoms with E-state index in [1.807, 2.05) is 0 Å². The Balaban J connectivity index is 2.53. The smallest absolute Gasteiger partial charge is 0.488 e. The molecule has 0 saturated carbocycles. The molecule has 2 aromatic rings. The van der Waals surface area contributed by atoms with Crippen molar-refractivity contribution in [1.82, 2.24) is 15.4 Å². The van der Waals surface area contributed by atoms with Gasteiger partial charge in [0.25, 0.3) is 0 Å². The zero-order valence-corrected chi connectivity index (χ0v) is 11.5. The van der Waals surface area contributed by atoms with Crippen molar-refractivity contribution in [3.8, 4) is 17.0 Å². The van der Waals surface area contributed by atoms with Crippen LogP contribution in [0.3, 0.4) is 0 Å². The van der Waals surface area contributed by atoms with Gasteiger partial charge in [-0.25, -0.2) is 4.79 Å². The Morgan fingerprint density at radius 3 is 2.76 bits per heavy atom. The third kappa shape index (κ3) is 3.04. The molecule has 8 nitrogen and oxygen atoms in total. The van der Waals surface area contributed by atoms with Gasteiger partial charge in [-0.1, -0.05) is 6.07 Å². The van der Waals surface area contributed by atoms with E-state index in [2.05, 4.69) is 15.4 Å². The molecule has 0 saturated heterocycles. The summed E-state index contributed by atoms with van der Waals surface area (Å²) in [4.78, 5) is 11.8.